The third kappa shape index (κ3) is 4.00. The molecule has 64 valence electrons. The molecule has 11 heavy (non-hydrogen) atoms. The summed E-state index contributed by atoms with van der Waals surface area (Å²) < 4.78 is 0. The minimum atomic E-state index is 0.545. The molecule has 0 aromatic heterocycles. The zero-order chi connectivity index (χ0) is 8.85. The molecule has 0 saturated heterocycles. The summed E-state index contributed by atoms with van der Waals surface area (Å²) in [5.41, 5.74) is 0. The maximum absolute atomic E-state index is 8.40. The maximum Gasteiger partial charge on any atom is 0.0635 e. The second-order valence-corrected chi connectivity index (χ2v) is 3.33. The van der Waals surface area contributed by atoms with Gasteiger partial charge < -0.3 is 0 Å². The second kappa shape index (κ2) is 5.15. The van der Waals surface area contributed by atoms with Crippen LogP contribution in [0.15, 0.2) is 0 Å². The van der Waals surface area contributed by atoms with Crippen molar-refractivity contribution in [2.24, 2.45) is 0 Å². The van der Waals surface area contributed by atoms with E-state index in [2.05, 4.69) is 38.7 Å². The number of nitrogens with zero attached hydrogens (tertiary/aromatic N) is 2. The van der Waals surface area contributed by atoms with Crippen molar-refractivity contribution in [1.82, 2.24) is 4.90 Å². The first-order valence-corrected chi connectivity index (χ1v) is 4.22. The largest absolute Gasteiger partial charge is 0.298 e. The van der Waals surface area contributed by atoms with Crippen molar-refractivity contribution in [1.29, 1.82) is 5.26 Å². The fraction of sp³-hybridized carbons (Fsp3) is 0.889. The van der Waals surface area contributed by atoms with Gasteiger partial charge in [0.2, 0.25) is 0 Å². The maximum atomic E-state index is 8.40. The van der Waals surface area contributed by atoms with Crippen molar-refractivity contribution >= 4 is 0 Å². The fourth-order valence-electron chi connectivity index (χ4n) is 1.29. The molecular weight excluding hydrogens is 136 g/mol. The lowest BCUT2D eigenvalue weighted by Crippen LogP contribution is -2.37. The zero-order valence-corrected chi connectivity index (χ0v) is 7.96. The van der Waals surface area contributed by atoms with Crippen molar-refractivity contribution < 1.29 is 0 Å². The molecule has 0 fully saturated rings. The molecule has 0 heterocycles. The quantitative estimate of drug-likeness (QED) is 0.619. The molecule has 0 rings (SSSR count). The van der Waals surface area contributed by atoms with Gasteiger partial charge in [0, 0.05) is 25.0 Å². The highest BCUT2D eigenvalue weighted by Crippen LogP contribution is 2.04. The second-order valence-electron chi connectivity index (χ2n) is 3.33. The monoisotopic (exact) mass is 154 g/mol. The Labute approximate surface area is 69.8 Å². The average molecular weight is 154 g/mol. The summed E-state index contributed by atoms with van der Waals surface area (Å²) in [6.07, 6.45) is 0.635. The summed E-state index contributed by atoms with van der Waals surface area (Å²) in [7, 11) is 0. The standard InChI is InChI=1S/C9H18N2/c1-8(2)11(9(3)4)7-5-6-10/h8-9H,5,7H2,1-4H3. The number of hydrogen-bond donors (Lipinski definition) is 0. The molecule has 0 unspecified atom stereocenters. The highest BCUT2D eigenvalue weighted by molar-refractivity contribution is 4.75. The Bertz CT molecular complexity index is 125. The van der Waals surface area contributed by atoms with Gasteiger partial charge in [-0.15, -0.1) is 0 Å². The summed E-state index contributed by atoms with van der Waals surface area (Å²) in [5.74, 6) is 0. The molecule has 0 aromatic rings. The van der Waals surface area contributed by atoms with E-state index < -0.39 is 0 Å². The predicted molar refractivity (Wildman–Crippen MR) is 47.2 cm³/mol. The Balaban J connectivity index is 3.82. The van der Waals surface area contributed by atoms with Crippen molar-refractivity contribution in [2.75, 3.05) is 6.54 Å². The molecule has 0 N–H and O–H groups in total. The van der Waals surface area contributed by atoms with Gasteiger partial charge in [0.15, 0.2) is 0 Å². The Morgan fingerprint density at radius 3 is 1.91 bits per heavy atom. The minimum Gasteiger partial charge on any atom is -0.298 e. The predicted octanol–water partition coefficient (Wildman–Crippen LogP) is 2.02. The Hall–Kier alpha value is -0.550. The molecular formula is C9H18N2. The summed E-state index contributed by atoms with van der Waals surface area (Å²) in [4.78, 5) is 2.32. The Kier molecular flexibility index (Phi) is 4.89. The molecule has 0 aromatic carbocycles. The summed E-state index contributed by atoms with van der Waals surface area (Å²) in [5, 5.41) is 8.40. The smallest absolute Gasteiger partial charge is 0.0635 e. The number of rotatable bonds is 4. The van der Waals surface area contributed by atoms with E-state index in [9.17, 15) is 0 Å². The number of nitriles is 1. The van der Waals surface area contributed by atoms with E-state index in [0.29, 0.717) is 18.5 Å². The van der Waals surface area contributed by atoms with Crippen molar-refractivity contribution in [3.8, 4) is 6.07 Å². The third-order valence-electron chi connectivity index (χ3n) is 1.81. The summed E-state index contributed by atoms with van der Waals surface area (Å²) in [6, 6.07) is 3.26. The first-order valence-electron chi connectivity index (χ1n) is 4.22. The van der Waals surface area contributed by atoms with E-state index in [1.165, 1.54) is 0 Å². The van der Waals surface area contributed by atoms with Gasteiger partial charge in [-0.3, -0.25) is 4.90 Å². The molecule has 0 bridgehead atoms. The first kappa shape index (κ1) is 10.4. The first-order chi connectivity index (χ1) is 5.09. The molecule has 0 spiro atoms. The normalized spacial score (nSPS) is 11.1. The molecule has 0 saturated carbocycles. The number of hydrogen-bond acceptors (Lipinski definition) is 2. The average Bonchev–Trinajstić information content (AvgIpc) is 1.87. The lowest BCUT2D eigenvalue weighted by Gasteiger charge is -2.29. The molecule has 0 atom stereocenters. The van der Waals surface area contributed by atoms with E-state index in [-0.39, 0.29) is 0 Å². The van der Waals surface area contributed by atoms with E-state index in [4.69, 9.17) is 5.26 Å². The molecule has 0 aliphatic carbocycles. The van der Waals surface area contributed by atoms with Gasteiger partial charge in [0.05, 0.1) is 6.07 Å². The SMILES string of the molecule is CC(C)N(CCC#N)C(C)C. The van der Waals surface area contributed by atoms with Gasteiger partial charge in [0.1, 0.15) is 0 Å². The van der Waals surface area contributed by atoms with Crippen molar-refractivity contribution in [3.63, 3.8) is 0 Å². The van der Waals surface area contributed by atoms with Gasteiger partial charge in [-0.05, 0) is 27.7 Å². The van der Waals surface area contributed by atoms with E-state index in [0.717, 1.165) is 6.54 Å². The molecule has 0 amide bonds. The van der Waals surface area contributed by atoms with Crippen LogP contribution >= 0.6 is 0 Å². The van der Waals surface area contributed by atoms with Crippen LogP contribution in [0.4, 0.5) is 0 Å². The van der Waals surface area contributed by atoms with Gasteiger partial charge in [-0.1, -0.05) is 0 Å². The van der Waals surface area contributed by atoms with Gasteiger partial charge in [-0.25, -0.2) is 0 Å². The Morgan fingerprint density at radius 2 is 1.64 bits per heavy atom. The minimum absolute atomic E-state index is 0.545. The summed E-state index contributed by atoms with van der Waals surface area (Å²) in [6.45, 7) is 9.55. The van der Waals surface area contributed by atoms with Crippen LogP contribution in [0.5, 0.6) is 0 Å². The zero-order valence-electron chi connectivity index (χ0n) is 7.96. The van der Waals surface area contributed by atoms with Crippen molar-refractivity contribution in [2.45, 2.75) is 46.2 Å². The lowest BCUT2D eigenvalue weighted by atomic mass is 10.2. The molecule has 0 radical (unpaired) electrons. The van der Waals surface area contributed by atoms with Gasteiger partial charge >= 0.3 is 0 Å². The molecule has 0 aliphatic rings. The molecule has 2 nitrogen and oxygen atoms in total. The van der Waals surface area contributed by atoms with Crippen molar-refractivity contribution in [3.05, 3.63) is 0 Å². The van der Waals surface area contributed by atoms with Gasteiger partial charge in [-0.2, -0.15) is 5.26 Å². The highest BCUT2D eigenvalue weighted by Gasteiger charge is 2.11. The van der Waals surface area contributed by atoms with Crippen LogP contribution in [0.2, 0.25) is 0 Å². The van der Waals surface area contributed by atoms with E-state index in [1.54, 1.807) is 0 Å². The molecule has 0 aliphatic heterocycles. The van der Waals surface area contributed by atoms with Crippen LogP contribution in [-0.4, -0.2) is 23.5 Å². The topological polar surface area (TPSA) is 27.0 Å². The highest BCUT2D eigenvalue weighted by atomic mass is 15.2. The van der Waals surface area contributed by atoms with E-state index in [1.807, 2.05) is 0 Å². The lowest BCUT2D eigenvalue weighted by molar-refractivity contribution is 0.179. The Morgan fingerprint density at radius 1 is 1.18 bits per heavy atom. The summed E-state index contributed by atoms with van der Waals surface area (Å²) >= 11 is 0. The molecule has 2 heteroatoms. The van der Waals surface area contributed by atoms with Crippen LogP contribution in [0.3, 0.4) is 0 Å². The van der Waals surface area contributed by atoms with Crippen LogP contribution in [0, 0.1) is 11.3 Å². The third-order valence-corrected chi connectivity index (χ3v) is 1.81. The van der Waals surface area contributed by atoms with Gasteiger partial charge in [0.25, 0.3) is 0 Å². The van der Waals surface area contributed by atoms with Crippen LogP contribution in [0.1, 0.15) is 34.1 Å². The van der Waals surface area contributed by atoms with Crippen LogP contribution < -0.4 is 0 Å². The van der Waals surface area contributed by atoms with E-state index >= 15 is 0 Å². The van der Waals surface area contributed by atoms with Crippen LogP contribution in [-0.2, 0) is 0 Å². The van der Waals surface area contributed by atoms with Crippen LogP contribution in [0.25, 0.3) is 0 Å². The fourth-order valence-corrected chi connectivity index (χ4v) is 1.29.